The lowest BCUT2D eigenvalue weighted by molar-refractivity contribution is 0.662. The molecule has 0 aliphatic heterocycles. The summed E-state index contributed by atoms with van der Waals surface area (Å²) in [6.07, 6.45) is 4.60. The van der Waals surface area contributed by atoms with Crippen molar-refractivity contribution < 1.29 is 0 Å². The molecule has 0 aliphatic carbocycles. The predicted octanol–water partition coefficient (Wildman–Crippen LogP) is 1.06. The van der Waals surface area contributed by atoms with Crippen molar-refractivity contribution in [2.75, 3.05) is 13.1 Å². The Kier molecular flexibility index (Phi) is 6.98. The van der Waals surface area contributed by atoms with Crippen molar-refractivity contribution in [3.05, 3.63) is 5.92 Å². The minimum absolute atomic E-state index is 0.806. The van der Waals surface area contributed by atoms with Gasteiger partial charge in [0.1, 0.15) is 0 Å². The average molecular weight is 143 g/mol. The Labute approximate surface area is 64.0 Å². The third-order valence-corrected chi connectivity index (χ3v) is 1.62. The Morgan fingerprint density at radius 3 is 1.70 bits per heavy atom. The summed E-state index contributed by atoms with van der Waals surface area (Å²) in [6.45, 7) is 3.80. The third kappa shape index (κ3) is 6.05. The van der Waals surface area contributed by atoms with Gasteiger partial charge in [0, 0.05) is 0 Å². The van der Waals surface area contributed by atoms with Gasteiger partial charge in [0.15, 0.2) is 0 Å². The van der Waals surface area contributed by atoms with Crippen molar-refractivity contribution in [2.24, 2.45) is 11.5 Å². The van der Waals surface area contributed by atoms with E-state index in [1.807, 2.05) is 0 Å². The molecule has 0 rings (SSSR count). The van der Waals surface area contributed by atoms with Crippen molar-refractivity contribution in [2.45, 2.75) is 32.6 Å². The van der Waals surface area contributed by atoms with E-state index in [1.165, 1.54) is 18.8 Å². The molecule has 0 aromatic rings. The second-order valence-electron chi connectivity index (χ2n) is 2.74. The van der Waals surface area contributed by atoms with E-state index in [1.54, 1.807) is 0 Å². The zero-order valence-electron chi connectivity index (χ0n) is 6.90. The lowest BCUT2D eigenvalue weighted by Crippen LogP contribution is -2.04. The highest BCUT2D eigenvalue weighted by Gasteiger charge is 1.99. The number of rotatable bonds is 6. The van der Waals surface area contributed by atoms with Gasteiger partial charge in [0.2, 0.25) is 0 Å². The number of nitrogens with two attached hydrogens (primary N) is 2. The molecule has 0 amide bonds. The van der Waals surface area contributed by atoms with E-state index in [9.17, 15) is 0 Å². The quantitative estimate of drug-likeness (QED) is 0.584. The summed E-state index contributed by atoms with van der Waals surface area (Å²) in [7, 11) is 0. The van der Waals surface area contributed by atoms with Crippen molar-refractivity contribution >= 4 is 0 Å². The normalized spacial score (nSPS) is 10.8. The highest BCUT2D eigenvalue weighted by molar-refractivity contribution is 4.83. The monoisotopic (exact) mass is 143 g/mol. The van der Waals surface area contributed by atoms with Crippen molar-refractivity contribution in [3.8, 4) is 0 Å². The van der Waals surface area contributed by atoms with Gasteiger partial charge in [-0.2, -0.15) is 0 Å². The number of hydrogen-bond donors (Lipinski definition) is 2. The summed E-state index contributed by atoms with van der Waals surface area (Å²) in [5.74, 6) is 1.54. The molecule has 4 N–H and O–H groups in total. The van der Waals surface area contributed by atoms with Gasteiger partial charge in [-0.25, -0.2) is 0 Å². The highest BCUT2D eigenvalue weighted by atomic mass is 14.5. The third-order valence-electron chi connectivity index (χ3n) is 1.62. The SMILES string of the molecule is C[C](CCCN)CCCN. The molecule has 0 fully saturated rings. The van der Waals surface area contributed by atoms with Gasteiger partial charge in [-0.15, -0.1) is 0 Å². The highest BCUT2D eigenvalue weighted by Crippen LogP contribution is 2.13. The van der Waals surface area contributed by atoms with Crippen LogP contribution in [0.4, 0.5) is 0 Å². The standard InChI is InChI=1S/C8H19N2/c1-8(4-2-6-9)5-3-7-10/h2-7,9-10H2,1H3. The van der Waals surface area contributed by atoms with E-state index >= 15 is 0 Å². The van der Waals surface area contributed by atoms with Gasteiger partial charge in [-0.1, -0.05) is 6.92 Å². The maximum Gasteiger partial charge on any atom is -0.00771 e. The smallest absolute Gasteiger partial charge is 0.00771 e. The van der Waals surface area contributed by atoms with Gasteiger partial charge >= 0.3 is 0 Å². The molecule has 0 aromatic heterocycles. The predicted molar refractivity (Wildman–Crippen MR) is 45.5 cm³/mol. The van der Waals surface area contributed by atoms with E-state index in [2.05, 4.69) is 6.92 Å². The molecule has 0 aromatic carbocycles. The van der Waals surface area contributed by atoms with Crippen LogP contribution in [0.2, 0.25) is 0 Å². The fourth-order valence-corrected chi connectivity index (χ4v) is 0.933. The Morgan fingerprint density at radius 1 is 1.00 bits per heavy atom. The van der Waals surface area contributed by atoms with Crippen molar-refractivity contribution in [1.29, 1.82) is 0 Å². The first kappa shape index (κ1) is 9.92. The lowest BCUT2D eigenvalue weighted by atomic mass is 10.00. The maximum absolute atomic E-state index is 5.37. The molecular formula is C8H19N2. The van der Waals surface area contributed by atoms with Crippen LogP contribution in [-0.2, 0) is 0 Å². The maximum atomic E-state index is 5.37. The summed E-state index contributed by atoms with van der Waals surface area (Å²) in [5, 5.41) is 0. The first-order valence-electron chi connectivity index (χ1n) is 4.02. The molecule has 2 heteroatoms. The zero-order valence-corrected chi connectivity index (χ0v) is 6.90. The van der Waals surface area contributed by atoms with Gasteiger partial charge < -0.3 is 11.5 Å². The summed E-state index contributed by atoms with van der Waals surface area (Å²) in [4.78, 5) is 0. The van der Waals surface area contributed by atoms with E-state index < -0.39 is 0 Å². The fraction of sp³-hybridized carbons (Fsp3) is 0.875. The minimum atomic E-state index is 0.806. The van der Waals surface area contributed by atoms with Crippen molar-refractivity contribution in [3.63, 3.8) is 0 Å². The summed E-state index contributed by atoms with van der Waals surface area (Å²) >= 11 is 0. The zero-order chi connectivity index (χ0) is 7.82. The van der Waals surface area contributed by atoms with Gasteiger partial charge in [0.05, 0.1) is 0 Å². The van der Waals surface area contributed by atoms with Crippen LogP contribution in [0.25, 0.3) is 0 Å². The molecule has 0 heterocycles. The summed E-state index contributed by atoms with van der Waals surface area (Å²) in [6, 6.07) is 0. The Hall–Kier alpha value is -0.0800. The van der Waals surface area contributed by atoms with Gasteiger partial charge in [-0.3, -0.25) is 0 Å². The van der Waals surface area contributed by atoms with Crippen LogP contribution in [0.3, 0.4) is 0 Å². The average Bonchev–Trinajstić information content (AvgIpc) is 1.97. The summed E-state index contributed by atoms with van der Waals surface area (Å²) in [5.41, 5.74) is 10.7. The lowest BCUT2D eigenvalue weighted by Gasteiger charge is -2.07. The second kappa shape index (κ2) is 7.03. The van der Waals surface area contributed by atoms with Crippen LogP contribution in [0, 0.1) is 5.92 Å². The Bertz CT molecular complexity index is 56.3. The van der Waals surface area contributed by atoms with E-state index in [0.717, 1.165) is 25.9 Å². The van der Waals surface area contributed by atoms with E-state index in [4.69, 9.17) is 11.5 Å². The molecule has 10 heavy (non-hydrogen) atoms. The van der Waals surface area contributed by atoms with Crippen LogP contribution >= 0.6 is 0 Å². The Morgan fingerprint density at radius 2 is 1.40 bits per heavy atom. The van der Waals surface area contributed by atoms with Gasteiger partial charge in [0.25, 0.3) is 0 Å². The first-order valence-corrected chi connectivity index (χ1v) is 4.02. The first-order chi connectivity index (χ1) is 4.81. The number of hydrogen-bond acceptors (Lipinski definition) is 2. The molecule has 1 radical (unpaired) electrons. The molecule has 0 unspecified atom stereocenters. The molecule has 2 nitrogen and oxygen atoms in total. The van der Waals surface area contributed by atoms with Crippen LogP contribution in [0.1, 0.15) is 32.6 Å². The molecule has 0 spiro atoms. The molecule has 0 bridgehead atoms. The topological polar surface area (TPSA) is 52.0 Å². The largest absolute Gasteiger partial charge is 0.330 e. The molecule has 0 aliphatic rings. The van der Waals surface area contributed by atoms with Crippen LogP contribution in [0.15, 0.2) is 0 Å². The molecular weight excluding hydrogens is 124 g/mol. The molecule has 0 saturated carbocycles. The summed E-state index contributed by atoms with van der Waals surface area (Å²) < 4.78 is 0. The van der Waals surface area contributed by atoms with Crippen LogP contribution in [-0.4, -0.2) is 13.1 Å². The van der Waals surface area contributed by atoms with E-state index in [0.29, 0.717) is 0 Å². The fourth-order valence-electron chi connectivity index (χ4n) is 0.933. The van der Waals surface area contributed by atoms with Crippen molar-refractivity contribution in [1.82, 2.24) is 0 Å². The molecule has 0 atom stereocenters. The van der Waals surface area contributed by atoms with Gasteiger partial charge in [-0.05, 0) is 44.7 Å². The minimum Gasteiger partial charge on any atom is -0.330 e. The second-order valence-corrected chi connectivity index (χ2v) is 2.74. The van der Waals surface area contributed by atoms with E-state index in [-0.39, 0.29) is 0 Å². The molecule has 61 valence electrons. The molecule has 0 saturated heterocycles. The van der Waals surface area contributed by atoms with Crippen LogP contribution < -0.4 is 11.5 Å². The van der Waals surface area contributed by atoms with Crippen LogP contribution in [0.5, 0.6) is 0 Å². The Balaban J connectivity index is 3.00.